The van der Waals surface area contributed by atoms with Gasteiger partial charge in [-0.05, 0) is 49.3 Å². The second kappa shape index (κ2) is 7.11. The predicted molar refractivity (Wildman–Crippen MR) is 97.5 cm³/mol. The minimum Gasteiger partial charge on any atom is -0.449 e. The van der Waals surface area contributed by atoms with Crippen molar-refractivity contribution >= 4 is 27.5 Å². The van der Waals surface area contributed by atoms with Gasteiger partial charge in [-0.1, -0.05) is 25.5 Å². The normalized spacial score (nSPS) is 17.2. The van der Waals surface area contributed by atoms with Crippen molar-refractivity contribution in [3.05, 3.63) is 34.7 Å². The Morgan fingerprint density at radius 1 is 1.33 bits per heavy atom. The number of aliphatic hydroxyl groups is 1. The number of ether oxygens (including phenoxy) is 1. The van der Waals surface area contributed by atoms with Gasteiger partial charge in [0.25, 0.3) is 0 Å². The molecule has 0 spiro atoms. The van der Waals surface area contributed by atoms with Crippen LogP contribution >= 0.6 is 11.3 Å². The summed E-state index contributed by atoms with van der Waals surface area (Å²) in [5.74, 6) is 0. The molecule has 2 heterocycles. The molecule has 1 aliphatic rings. The molecule has 4 nitrogen and oxygen atoms in total. The van der Waals surface area contributed by atoms with Gasteiger partial charge in [-0.3, -0.25) is 0 Å². The first-order valence-corrected chi connectivity index (χ1v) is 9.48. The smallest absolute Gasteiger partial charge is 0.409 e. The van der Waals surface area contributed by atoms with Gasteiger partial charge in [0.05, 0.1) is 6.61 Å². The maximum absolute atomic E-state index is 12.0. The van der Waals surface area contributed by atoms with Crippen LogP contribution in [0.15, 0.2) is 24.3 Å². The number of likely N-dealkylation sites (tertiary alicyclic amines) is 1. The van der Waals surface area contributed by atoms with E-state index < -0.39 is 5.60 Å². The third-order valence-electron chi connectivity index (χ3n) is 4.71. The standard InChI is InChI=1S/C19H25NO3S/c1-3-4-11-23-18(21)20-9-7-19(22,8-10-20)17-13-15-6-5-14(2)12-16(15)24-17/h5-6,12-13,22H,3-4,7-11H2,1-2H3. The van der Waals surface area contributed by atoms with E-state index in [1.54, 1.807) is 16.2 Å². The van der Waals surface area contributed by atoms with Gasteiger partial charge in [0, 0.05) is 22.7 Å². The summed E-state index contributed by atoms with van der Waals surface area (Å²) in [5, 5.41) is 12.2. The van der Waals surface area contributed by atoms with Gasteiger partial charge in [-0.2, -0.15) is 0 Å². The van der Waals surface area contributed by atoms with Crippen molar-refractivity contribution in [2.24, 2.45) is 0 Å². The van der Waals surface area contributed by atoms with Crippen molar-refractivity contribution in [1.82, 2.24) is 4.90 Å². The highest BCUT2D eigenvalue weighted by atomic mass is 32.1. The fourth-order valence-corrected chi connectivity index (χ4v) is 4.37. The van der Waals surface area contributed by atoms with Crippen LogP contribution in [0.25, 0.3) is 10.1 Å². The highest BCUT2D eigenvalue weighted by Gasteiger charge is 2.37. The number of hydrogen-bond donors (Lipinski definition) is 1. The monoisotopic (exact) mass is 347 g/mol. The Bertz CT molecular complexity index is 716. The molecule has 2 aromatic rings. The maximum atomic E-state index is 12.0. The zero-order chi connectivity index (χ0) is 17.2. The zero-order valence-corrected chi connectivity index (χ0v) is 15.2. The van der Waals surface area contributed by atoms with Crippen LogP contribution in [-0.4, -0.2) is 35.8 Å². The van der Waals surface area contributed by atoms with Gasteiger partial charge in [-0.15, -0.1) is 11.3 Å². The molecule has 1 saturated heterocycles. The number of aryl methyl sites for hydroxylation is 1. The topological polar surface area (TPSA) is 49.8 Å². The Balaban J connectivity index is 1.66. The summed E-state index contributed by atoms with van der Waals surface area (Å²) in [4.78, 5) is 14.7. The van der Waals surface area contributed by atoms with Gasteiger partial charge in [-0.25, -0.2) is 4.79 Å². The molecule has 0 aliphatic carbocycles. The number of fused-ring (bicyclic) bond motifs is 1. The third-order valence-corrected chi connectivity index (χ3v) is 6.00. The number of nitrogens with zero attached hydrogens (tertiary/aromatic N) is 1. The minimum absolute atomic E-state index is 0.252. The minimum atomic E-state index is -0.836. The molecule has 3 rings (SSSR count). The lowest BCUT2D eigenvalue weighted by atomic mass is 9.90. The first kappa shape index (κ1) is 17.2. The lowest BCUT2D eigenvalue weighted by molar-refractivity contribution is -0.0220. The second-order valence-electron chi connectivity index (χ2n) is 6.64. The Kier molecular flexibility index (Phi) is 5.11. The number of amides is 1. The lowest BCUT2D eigenvalue weighted by Crippen LogP contribution is -2.45. The Hall–Kier alpha value is -1.59. The molecule has 5 heteroatoms. The van der Waals surface area contributed by atoms with Crippen LogP contribution in [0.5, 0.6) is 0 Å². The van der Waals surface area contributed by atoms with Crippen LogP contribution in [0.1, 0.15) is 43.0 Å². The van der Waals surface area contributed by atoms with Crippen LogP contribution < -0.4 is 0 Å². The van der Waals surface area contributed by atoms with Crippen LogP contribution in [0.2, 0.25) is 0 Å². The highest BCUT2D eigenvalue weighted by molar-refractivity contribution is 7.19. The summed E-state index contributed by atoms with van der Waals surface area (Å²) in [7, 11) is 0. The number of hydrogen-bond acceptors (Lipinski definition) is 4. The lowest BCUT2D eigenvalue weighted by Gasteiger charge is -2.37. The van der Waals surface area contributed by atoms with Crippen molar-refractivity contribution in [3.63, 3.8) is 0 Å². The van der Waals surface area contributed by atoms with Gasteiger partial charge in [0.2, 0.25) is 0 Å². The number of carbonyl (C=O) groups is 1. The molecular weight excluding hydrogens is 322 g/mol. The molecule has 0 atom stereocenters. The molecule has 1 fully saturated rings. The second-order valence-corrected chi connectivity index (χ2v) is 7.72. The fraction of sp³-hybridized carbons (Fsp3) is 0.526. The van der Waals surface area contributed by atoms with Crippen LogP contribution in [-0.2, 0) is 10.3 Å². The molecule has 1 aliphatic heterocycles. The van der Waals surface area contributed by atoms with E-state index in [0.717, 1.165) is 17.7 Å². The number of piperidine rings is 1. The zero-order valence-electron chi connectivity index (χ0n) is 14.4. The van der Waals surface area contributed by atoms with Crippen LogP contribution in [0.4, 0.5) is 4.79 Å². The first-order valence-electron chi connectivity index (χ1n) is 8.66. The van der Waals surface area contributed by atoms with E-state index in [-0.39, 0.29) is 6.09 Å². The van der Waals surface area contributed by atoms with Gasteiger partial charge < -0.3 is 14.7 Å². The Labute approximate surface area is 147 Å². The molecule has 130 valence electrons. The maximum Gasteiger partial charge on any atom is 0.409 e. The third kappa shape index (κ3) is 3.57. The van der Waals surface area contributed by atoms with E-state index in [1.807, 2.05) is 0 Å². The molecule has 1 N–H and O–H groups in total. The quantitative estimate of drug-likeness (QED) is 0.833. The molecule has 0 bridgehead atoms. The van der Waals surface area contributed by atoms with E-state index >= 15 is 0 Å². The summed E-state index contributed by atoms with van der Waals surface area (Å²) >= 11 is 1.66. The number of benzene rings is 1. The molecule has 1 aromatic heterocycles. The molecule has 24 heavy (non-hydrogen) atoms. The summed E-state index contributed by atoms with van der Waals surface area (Å²) in [6, 6.07) is 8.45. The van der Waals surface area contributed by atoms with Gasteiger partial charge >= 0.3 is 6.09 Å². The molecule has 1 amide bonds. The first-order chi connectivity index (χ1) is 11.5. The van der Waals surface area contributed by atoms with Crippen molar-refractivity contribution in [3.8, 4) is 0 Å². The van der Waals surface area contributed by atoms with E-state index in [9.17, 15) is 9.90 Å². The summed E-state index contributed by atoms with van der Waals surface area (Å²) < 4.78 is 6.47. The molecular formula is C19H25NO3S. The average Bonchev–Trinajstić information content (AvgIpc) is 2.99. The molecule has 1 aromatic carbocycles. The van der Waals surface area contributed by atoms with Gasteiger partial charge in [0.1, 0.15) is 5.60 Å². The molecule has 0 radical (unpaired) electrons. The van der Waals surface area contributed by atoms with Crippen LogP contribution in [0, 0.1) is 6.92 Å². The van der Waals surface area contributed by atoms with Crippen molar-refractivity contribution < 1.29 is 14.6 Å². The molecule has 0 saturated carbocycles. The van der Waals surface area contributed by atoms with Crippen molar-refractivity contribution in [2.75, 3.05) is 19.7 Å². The highest BCUT2D eigenvalue weighted by Crippen LogP contribution is 2.39. The predicted octanol–water partition coefficient (Wildman–Crippen LogP) is 4.43. The number of thiophene rings is 1. The summed E-state index contributed by atoms with van der Waals surface area (Å²) in [6.07, 6.45) is 2.77. The largest absolute Gasteiger partial charge is 0.449 e. The number of carbonyl (C=O) groups excluding carboxylic acids is 1. The van der Waals surface area contributed by atoms with E-state index in [1.165, 1.54) is 15.6 Å². The Morgan fingerprint density at radius 3 is 2.79 bits per heavy atom. The average molecular weight is 347 g/mol. The van der Waals surface area contributed by atoms with Crippen molar-refractivity contribution in [2.45, 2.75) is 45.1 Å². The fourth-order valence-electron chi connectivity index (χ4n) is 3.07. The summed E-state index contributed by atoms with van der Waals surface area (Å²) in [5.41, 5.74) is 0.394. The summed E-state index contributed by atoms with van der Waals surface area (Å²) in [6.45, 7) is 5.70. The Morgan fingerprint density at radius 2 is 2.08 bits per heavy atom. The van der Waals surface area contributed by atoms with Crippen molar-refractivity contribution in [1.29, 1.82) is 0 Å². The van der Waals surface area contributed by atoms with E-state index in [4.69, 9.17) is 4.74 Å². The van der Waals surface area contributed by atoms with E-state index in [2.05, 4.69) is 38.1 Å². The van der Waals surface area contributed by atoms with Crippen LogP contribution in [0.3, 0.4) is 0 Å². The SMILES string of the molecule is CCCCOC(=O)N1CCC(O)(c2cc3ccc(C)cc3s2)CC1. The van der Waals surface area contributed by atoms with E-state index in [0.29, 0.717) is 32.5 Å². The number of unbranched alkanes of at least 4 members (excludes halogenated alkanes) is 1. The molecule has 0 unspecified atom stereocenters. The number of rotatable bonds is 4. The van der Waals surface area contributed by atoms with Gasteiger partial charge in [0.15, 0.2) is 0 Å².